The van der Waals surface area contributed by atoms with Crippen LogP contribution in [-0.4, -0.2) is 17.4 Å². The van der Waals surface area contributed by atoms with Crippen molar-refractivity contribution in [1.82, 2.24) is 9.46 Å². The molecule has 0 saturated carbocycles. The van der Waals surface area contributed by atoms with Crippen LogP contribution in [0.4, 0.5) is 0 Å². The average molecular weight is 136 g/mol. The molecule has 0 atom stereocenters. The summed E-state index contributed by atoms with van der Waals surface area (Å²) in [6, 6.07) is 0. The molecular formula is C5H5BN2O2. The molecule has 2 radical (unpaired) electrons. The van der Waals surface area contributed by atoms with Gasteiger partial charge in [0.2, 0.25) is 13.5 Å². The molecule has 0 aliphatic carbocycles. The zero-order valence-electron chi connectivity index (χ0n) is 5.42. The van der Waals surface area contributed by atoms with E-state index in [-0.39, 0.29) is 0 Å². The van der Waals surface area contributed by atoms with Gasteiger partial charge >= 0.3 is 5.69 Å². The monoisotopic (exact) mass is 136 g/mol. The molecule has 0 aromatic carbocycles. The molecule has 0 bridgehead atoms. The van der Waals surface area contributed by atoms with Crippen molar-refractivity contribution < 1.29 is 0 Å². The molecule has 1 heterocycles. The molecule has 1 aromatic heterocycles. The molecule has 1 rings (SSSR count). The fraction of sp³-hybridized carbons (Fsp3) is 0.200. The van der Waals surface area contributed by atoms with E-state index in [1.54, 1.807) is 6.92 Å². The summed E-state index contributed by atoms with van der Waals surface area (Å²) in [5.41, 5.74) is -0.651. The van der Waals surface area contributed by atoms with Gasteiger partial charge in [0.25, 0.3) is 0 Å². The van der Waals surface area contributed by atoms with Crippen LogP contribution in [0.5, 0.6) is 0 Å². The van der Waals surface area contributed by atoms with Crippen molar-refractivity contribution in [2.75, 3.05) is 0 Å². The Morgan fingerprint density at radius 2 is 2.20 bits per heavy atom. The highest BCUT2D eigenvalue weighted by Gasteiger charge is 1.95. The normalized spacial score (nSPS) is 9.70. The first-order valence-corrected chi connectivity index (χ1v) is 2.69. The Morgan fingerprint density at radius 3 is 2.70 bits per heavy atom. The van der Waals surface area contributed by atoms with E-state index in [0.717, 1.165) is 0 Å². The van der Waals surface area contributed by atoms with Crippen molar-refractivity contribution in [2.24, 2.45) is 0 Å². The molecule has 0 amide bonds. The maximum atomic E-state index is 10.8. The Labute approximate surface area is 57.9 Å². The molecule has 0 unspecified atom stereocenters. The lowest BCUT2D eigenvalue weighted by Crippen LogP contribution is -2.34. The quantitative estimate of drug-likeness (QED) is 0.454. The molecule has 0 aliphatic heterocycles. The van der Waals surface area contributed by atoms with E-state index in [1.165, 1.54) is 6.20 Å². The van der Waals surface area contributed by atoms with Gasteiger partial charge in [0.1, 0.15) is 0 Å². The summed E-state index contributed by atoms with van der Waals surface area (Å²) in [6.07, 6.45) is 1.33. The standard InChI is InChI=1S/C5H5BN2O2/c1-3-2-7-5(10)8(6)4(3)9/h2H,1H3,(H,7,10). The van der Waals surface area contributed by atoms with E-state index in [4.69, 9.17) is 7.98 Å². The highest BCUT2D eigenvalue weighted by molar-refractivity contribution is 6.06. The van der Waals surface area contributed by atoms with E-state index in [0.29, 0.717) is 10.0 Å². The molecule has 50 valence electrons. The van der Waals surface area contributed by atoms with Gasteiger partial charge in [0, 0.05) is 11.8 Å². The lowest BCUT2D eigenvalue weighted by Gasteiger charge is -1.94. The number of aromatic nitrogens is 2. The minimum atomic E-state index is -0.601. The summed E-state index contributed by atoms with van der Waals surface area (Å²) in [5, 5.41) is 0. The van der Waals surface area contributed by atoms with Crippen LogP contribution in [0.3, 0.4) is 0 Å². The van der Waals surface area contributed by atoms with Gasteiger partial charge in [0.15, 0.2) is 0 Å². The zero-order valence-corrected chi connectivity index (χ0v) is 5.42. The van der Waals surface area contributed by atoms with Crippen molar-refractivity contribution in [3.05, 3.63) is 32.6 Å². The van der Waals surface area contributed by atoms with E-state index >= 15 is 0 Å². The van der Waals surface area contributed by atoms with Crippen LogP contribution in [0.2, 0.25) is 0 Å². The number of H-pyrrole nitrogens is 1. The van der Waals surface area contributed by atoms with E-state index in [2.05, 4.69) is 4.98 Å². The Hall–Kier alpha value is -1.26. The SMILES string of the molecule is [B]n1c(=O)[nH]cc(C)c1=O. The van der Waals surface area contributed by atoms with Gasteiger partial charge in [0.05, 0.1) is 0 Å². The number of hydrogen-bond donors (Lipinski definition) is 1. The lowest BCUT2D eigenvalue weighted by atomic mass is 10.3. The Bertz CT molecular complexity index is 351. The summed E-state index contributed by atoms with van der Waals surface area (Å²) in [5.74, 6) is 0. The highest BCUT2D eigenvalue weighted by atomic mass is 16.2. The van der Waals surface area contributed by atoms with Gasteiger partial charge in [-0.05, 0) is 6.92 Å². The predicted molar refractivity (Wildman–Crippen MR) is 37.2 cm³/mol. The third-order valence-corrected chi connectivity index (χ3v) is 1.19. The van der Waals surface area contributed by atoms with Gasteiger partial charge in [-0.3, -0.25) is 4.79 Å². The van der Waals surface area contributed by atoms with Crippen LogP contribution < -0.4 is 11.2 Å². The molecule has 1 N–H and O–H groups in total. The Morgan fingerprint density at radius 1 is 1.60 bits per heavy atom. The zero-order chi connectivity index (χ0) is 7.72. The largest absolute Gasteiger partial charge is 0.319 e. The molecular weight excluding hydrogens is 131 g/mol. The molecule has 5 heteroatoms. The first-order chi connectivity index (χ1) is 4.63. The van der Waals surface area contributed by atoms with Crippen molar-refractivity contribution in [3.8, 4) is 0 Å². The van der Waals surface area contributed by atoms with E-state index < -0.39 is 11.2 Å². The van der Waals surface area contributed by atoms with Crippen LogP contribution in [-0.2, 0) is 0 Å². The number of nitrogens with zero attached hydrogens (tertiary/aromatic N) is 1. The summed E-state index contributed by atoms with van der Waals surface area (Å²) in [6.45, 7) is 1.57. The maximum absolute atomic E-state index is 10.8. The van der Waals surface area contributed by atoms with E-state index in [1.807, 2.05) is 0 Å². The number of rotatable bonds is 0. The molecule has 0 fully saturated rings. The van der Waals surface area contributed by atoms with Gasteiger partial charge in [-0.2, -0.15) is 0 Å². The smallest absolute Gasteiger partial charge is 0.314 e. The molecule has 10 heavy (non-hydrogen) atoms. The van der Waals surface area contributed by atoms with Crippen molar-refractivity contribution in [3.63, 3.8) is 0 Å². The minimum Gasteiger partial charge on any atom is -0.319 e. The average Bonchev–Trinajstić information content (AvgIpc) is 1.93. The maximum Gasteiger partial charge on any atom is 0.314 e. The number of aromatic amines is 1. The van der Waals surface area contributed by atoms with Gasteiger partial charge in [-0.15, -0.1) is 0 Å². The van der Waals surface area contributed by atoms with Gasteiger partial charge < -0.3 is 9.46 Å². The summed E-state index contributed by atoms with van der Waals surface area (Å²) >= 11 is 0. The van der Waals surface area contributed by atoms with Crippen LogP contribution in [0.25, 0.3) is 0 Å². The summed E-state index contributed by atoms with van der Waals surface area (Å²) in [7, 11) is 5.04. The molecule has 0 saturated heterocycles. The first-order valence-electron chi connectivity index (χ1n) is 2.69. The highest BCUT2D eigenvalue weighted by Crippen LogP contribution is 1.75. The lowest BCUT2D eigenvalue weighted by molar-refractivity contribution is 0.941. The van der Waals surface area contributed by atoms with E-state index in [9.17, 15) is 9.59 Å². The second-order valence-corrected chi connectivity index (χ2v) is 1.95. The fourth-order valence-corrected chi connectivity index (χ4v) is 0.583. The van der Waals surface area contributed by atoms with Crippen molar-refractivity contribution in [1.29, 1.82) is 0 Å². The number of aryl methyl sites for hydroxylation is 1. The first kappa shape index (κ1) is 6.86. The second-order valence-electron chi connectivity index (χ2n) is 1.95. The van der Waals surface area contributed by atoms with Crippen LogP contribution in [0.15, 0.2) is 15.8 Å². The van der Waals surface area contributed by atoms with Crippen LogP contribution in [0.1, 0.15) is 5.56 Å². The summed E-state index contributed by atoms with van der Waals surface area (Å²) < 4.78 is 0.537. The van der Waals surface area contributed by atoms with Crippen molar-refractivity contribution in [2.45, 2.75) is 6.92 Å². The third-order valence-electron chi connectivity index (χ3n) is 1.19. The second kappa shape index (κ2) is 2.17. The van der Waals surface area contributed by atoms with Gasteiger partial charge in [-0.25, -0.2) is 4.79 Å². The number of nitrogens with one attached hydrogen (secondary N) is 1. The summed E-state index contributed by atoms with van der Waals surface area (Å²) in [4.78, 5) is 23.7. The minimum absolute atomic E-state index is 0.419. The van der Waals surface area contributed by atoms with Crippen LogP contribution >= 0.6 is 0 Å². The fourth-order valence-electron chi connectivity index (χ4n) is 0.583. The number of hydrogen-bond acceptors (Lipinski definition) is 2. The van der Waals surface area contributed by atoms with Gasteiger partial charge in [-0.1, -0.05) is 0 Å². The topological polar surface area (TPSA) is 54.9 Å². The Balaban J connectivity index is 3.66. The van der Waals surface area contributed by atoms with Crippen LogP contribution in [0, 0.1) is 6.92 Å². The third kappa shape index (κ3) is 0.898. The molecule has 0 spiro atoms. The molecule has 4 nitrogen and oxygen atoms in total. The predicted octanol–water partition coefficient (Wildman–Crippen LogP) is -1.22. The Kier molecular flexibility index (Phi) is 1.49. The molecule has 1 aromatic rings. The van der Waals surface area contributed by atoms with Crippen molar-refractivity contribution >= 4 is 7.98 Å². The molecule has 0 aliphatic rings.